The van der Waals surface area contributed by atoms with Crippen LogP contribution in [-0.2, 0) is 21.4 Å². The molecule has 0 atom stereocenters. The molecule has 0 saturated carbocycles. The molecule has 1 amide bonds. The van der Waals surface area contributed by atoms with E-state index in [1.54, 1.807) is 33.7 Å². The summed E-state index contributed by atoms with van der Waals surface area (Å²) in [5.74, 6) is 0.882. The molecular weight excluding hydrogens is 462 g/mol. The van der Waals surface area contributed by atoms with Gasteiger partial charge in [-0.1, -0.05) is 46.8 Å². The van der Waals surface area contributed by atoms with Gasteiger partial charge in [0.05, 0.1) is 17.6 Å². The minimum Gasteiger partial charge on any atom is -0.292 e. The highest BCUT2D eigenvalue weighted by Crippen LogP contribution is 2.28. The normalized spacial score (nSPS) is 12.6. The van der Waals surface area contributed by atoms with Crippen LogP contribution in [0.2, 0.25) is 0 Å². The van der Waals surface area contributed by atoms with Crippen molar-refractivity contribution in [1.82, 2.24) is 18.9 Å². The van der Waals surface area contributed by atoms with Crippen LogP contribution in [0, 0.1) is 12.3 Å². The van der Waals surface area contributed by atoms with Crippen molar-refractivity contribution in [3.63, 3.8) is 0 Å². The third kappa shape index (κ3) is 6.08. The van der Waals surface area contributed by atoms with Crippen LogP contribution < -0.4 is 4.90 Å². The number of fused-ring (bicyclic) bond motifs is 1. The number of rotatable bonds is 8. The Morgan fingerprint density at radius 1 is 1.11 bits per heavy atom. The molecule has 2 aromatic heterocycles. The Morgan fingerprint density at radius 3 is 2.29 bits per heavy atom. The smallest absolute Gasteiger partial charge is 0.242 e. The van der Waals surface area contributed by atoms with Gasteiger partial charge in [-0.2, -0.15) is 9.61 Å². The molecule has 0 spiro atoms. The zero-order valence-electron chi connectivity index (χ0n) is 22.0. The van der Waals surface area contributed by atoms with Gasteiger partial charge < -0.3 is 0 Å². The van der Waals surface area contributed by atoms with Crippen LogP contribution in [0.3, 0.4) is 0 Å². The molecule has 0 aliphatic carbocycles. The van der Waals surface area contributed by atoms with Crippen molar-refractivity contribution in [2.75, 3.05) is 19.0 Å². The summed E-state index contributed by atoms with van der Waals surface area (Å²) in [6.07, 6.45) is 2.94. The molecule has 0 N–H and O–H groups in total. The Kier molecular flexibility index (Phi) is 7.71. The first kappa shape index (κ1) is 26.8. The Morgan fingerprint density at radius 2 is 1.74 bits per heavy atom. The highest BCUT2D eigenvalue weighted by Gasteiger charge is 2.24. The van der Waals surface area contributed by atoms with Gasteiger partial charge in [-0.15, -0.1) is 0 Å². The largest absolute Gasteiger partial charge is 0.292 e. The maximum atomic E-state index is 13.6. The van der Waals surface area contributed by atoms with Gasteiger partial charge in [0.2, 0.25) is 15.9 Å². The molecule has 3 rings (SSSR count). The average Bonchev–Trinajstić information content (AvgIpc) is 3.19. The van der Waals surface area contributed by atoms with E-state index < -0.39 is 10.0 Å². The Bertz CT molecular complexity index is 1300. The van der Waals surface area contributed by atoms with Crippen LogP contribution in [-0.4, -0.2) is 47.3 Å². The van der Waals surface area contributed by atoms with Crippen molar-refractivity contribution >= 4 is 27.4 Å². The highest BCUT2D eigenvalue weighted by atomic mass is 32.2. The van der Waals surface area contributed by atoms with Gasteiger partial charge >= 0.3 is 0 Å². The number of nitrogens with zero attached hydrogens (tertiary/aromatic N) is 5. The van der Waals surface area contributed by atoms with Crippen molar-refractivity contribution in [3.05, 3.63) is 53.3 Å². The summed E-state index contributed by atoms with van der Waals surface area (Å²) in [4.78, 5) is 20.2. The van der Waals surface area contributed by atoms with Crippen LogP contribution in [0.15, 0.2) is 41.4 Å². The summed E-state index contributed by atoms with van der Waals surface area (Å²) in [6.45, 7) is 12.7. The first-order valence-electron chi connectivity index (χ1n) is 11.9. The molecule has 3 aromatic rings. The number of aromatic nitrogens is 3. The molecule has 190 valence electrons. The van der Waals surface area contributed by atoms with Crippen LogP contribution in [0.5, 0.6) is 0 Å². The molecule has 0 fully saturated rings. The second-order valence-electron chi connectivity index (χ2n) is 10.7. The fraction of sp³-hybridized carbons (Fsp3) is 0.500. The van der Waals surface area contributed by atoms with Gasteiger partial charge in [0.25, 0.3) is 0 Å². The summed E-state index contributed by atoms with van der Waals surface area (Å²) in [7, 11) is -0.514. The lowest BCUT2D eigenvalue weighted by Gasteiger charge is -2.26. The standard InChI is InChI=1S/C26H37N5O3S/c1-18(2)22-16-27-31-23(15-19(3)28-25(22)31)30(24(32)13-14-26(4,5)6)17-20-9-11-21(12-10-20)35(33,34)29(7)8/h9-12,15-16,18H,13-14,17H2,1-8H3. The van der Waals surface area contributed by atoms with Gasteiger partial charge in [-0.25, -0.2) is 17.7 Å². The third-order valence-electron chi connectivity index (χ3n) is 5.94. The topological polar surface area (TPSA) is 87.9 Å². The van der Waals surface area contributed by atoms with Crippen molar-refractivity contribution in [1.29, 1.82) is 0 Å². The summed E-state index contributed by atoms with van der Waals surface area (Å²) in [5, 5.41) is 4.58. The lowest BCUT2D eigenvalue weighted by molar-refractivity contribution is -0.119. The summed E-state index contributed by atoms with van der Waals surface area (Å²) >= 11 is 0. The fourth-order valence-electron chi connectivity index (χ4n) is 3.76. The zero-order valence-corrected chi connectivity index (χ0v) is 22.8. The number of hydrogen-bond donors (Lipinski definition) is 0. The quantitative estimate of drug-likeness (QED) is 0.445. The average molecular weight is 500 g/mol. The second kappa shape index (κ2) is 10.1. The van der Waals surface area contributed by atoms with Crippen LogP contribution in [0.4, 0.5) is 5.82 Å². The van der Waals surface area contributed by atoms with E-state index in [-0.39, 0.29) is 22.1 Å². The first-order valence-corrected chi connectivity index (χ1v) is 13.3. The number of benzene rings is 1. The molecule has 2 heterocycles. The number of anilines is 1. The first-order chi connectivity index (χ1) is 16.2. The van der Waals surface area contributed by atoms with E-state index in [1.807, 2.05) is 19.2 Å². The summed E-state index contributed by atoms with van der Waals surface area (Å²) < 4.78 is 27.8. The SMILES string of the molecule is Cc1cc(N(Cc2ccc(S(=O)(=O)N(C)C)cc2)C(=O)CCC(C)(C)C)n2ncc(C(C)C)c2n1. The lowest BCUT2D eigenvalue weighted by atomic mass is 9.90. The molecule has 0 unspecified atom stereocenters. The molecule has 0 radical (unpaired) electrons. The third-order valence-corrected chi connectivity index (χ3v) is 7.77. The molecular formula is C26H37N5O3S. The summed E-state index contributed by atoms with van der Waals surface area (Å²) in [5.41, 5.74) is 3.41. The zero-order chi connectivity index (χ0) is 26.1. The van der Waals surface area contributed by atoms with Crippen molar-refractivity contribution in [2.45, 2.75) is 71.7 Å². The van der Waals surface area contributed by atoms with Crippen molar-refractivity contribution < 1.29 is 13.2 Å². The van der Waals surface area contributed by atoms with Crippen LogP contribution >= 0.6 is 0 Å². The van der Waals surface area contributed by atoms with Gasteiger partial charge in [0.1, 0.15) is 5.82 Å². The van der Waals surface area contributed by atoms with E-state index in [0.717, 1.165) is 28.9 Å². The van der Waals surface area contributed by atoms with E-state index in [1.165, 1.54) is 18.4 Å². The van der Waals surface area contributed by atoms with Gasteiger partial charge in [0.15, 0.2) is 5.65 Å². The predicted molar refractivity (Wildman–Crippen MR) is 139 cm³/mol. The van der Waals surface area contributed by atoms with E-state index in [2.05, 4.69) is 39.7 Å². The number of hydrogen-bond acceptors (Lipinski definition) is 5. The molecule has 35 heavy (non-hydrogen) atoms. The monoisotopic (exact) mass is 499 g/mol. The molecule has 9 heteroatoms. The minimum absolute atomic E-state index is 0.0154. The number of carbonyl (C=O) groups is 1. The number of aryl methyl sites for hydroxylation is 1. The second-order valence-corrected chi connectivity index (χ2v) is 12.9. The fourth-order valence-corrected chi connectivity index (χ4v) is 4.66. The van der Waals surface area contributed by atoms with Crippen molar-refractivity contribution in [2.24, 2.45) is 5.41 Å². The highest BCUT2D eigenvalue weighted by molar-refractivity contribution is 7.89. The molecule has 0 aliphatic rings. The number of carbonyl (C=O) groups excluding carboxylic acids is 1. The molecule has 8 nitrogen and oxygen atoms in total. The molecule has 0 saturated heterocycles. The van der Waals surface area contributed by atoms with E-state index >= 15 is 0 Å². The van der Waals surface area contributed by atoms with E-state index in [9.17, 15) is 13.2 Å². The summed E-state index contributed by atoms with van der Waals surface area (Å²) in [6, 6.07) is 8.56. The van der Waals surface area contributed by atoms with Gasteiger partial charge in [-0.05, 0) is 42.4 Å². The van der Waals surface area contributed by atoms with Crippen LogP contribution in [0.1, 0.15) is 70.2 Å². The molecule has 0 bridgehead atoms. The van der Waals surface area contributed by atoms with E-state index in [4.69, 9.17) is 4.98 Å². The number of sulfonamides is 1. The number of amides is 1. The Hall–Kier alpha value is -2.78. The van der Waals surface area contributed by atoms with Crippen LogP contribution in [0.25, 0.3) is 5.65 Å². The van der Waals surface area contributed by atoms with Gasteiger partial charge in [0, 0.05) is 37.8 Å². The Labute approximate surface area is 209 Å². The van der Waals surface area contributed by atoms with Gasteiger partial charge in [-0.3, -0.25) is 9.69 Å². The van der Waals surface area contributed by atoms with E-state index in [0.29, 0.717) is 18.8 Å². The Balaban J connectivity index is 2.05. The van der Waals surface area contributed by atoms with Crippen molar-refractivity contribution in [3.8, 4) is 0 Å². The molecule has 0 aliphatic heterocycles. The molecule has 1 aromatic carbocycles. The minimum atomic E-state index is -3.53. The maximum absolute atomic E-state index is 13.6. The maximum Gasteiger partial charge on any atom is 0.242 e. The lowest BCUT2D eigenvalue weighted by Crippen LogP contribution is -2.33. The predicted octanol–water partition coefficient (Wildman–Crippen LogP) is 4.77.